The Kier molecular flexibility index (Phi) is 4.08. The van der Waals surface area contributed by atoms with Gasteiger partial charge >= 0.3 is 0 Å². The molecule has 0 unspecified atom stereocenters. The van der Waals surface area contributed by atoms with E-state index in [1.165, 1.54) is 0 Å². The molecule has 21 heavy (non-hydrogen) atoms. The first-order valence-electron chi connectivity index (χ1n) is 6.19. The van der Waals surface area contributed by atoms with Crippen molar-refractivity contribution in [1.29, 1.82) is 16.2 Å². The largest absolute Gasteiger partial charge is 0.428 e. The summed E-state index contributed by atoms with van der Waals surface area (Å²) in [5.74, 6) is -0.162. The van der Waals surface area contributed by atoms with E-state index in [9.17, 15) is 0 Å². The topological polar surface area (TPSA) is 120 Å². The van der Waals surface area contributed by atoms with Gasteiger partial charge in [-0.2, -0.15) is 0 Å². The van der Waals surface area contributed by atoms with Crippen LogP contribution in [0.1, 0.15) is 22.4 Å². The van der Waals surface area contributed by atoms with Gasteiger partial charge in [0.1, 0.15) is 0 Å². The maximum atomic E-state index is 8.28. The highest BCUT2D eigenvalue weighted by atomic mass is 16.5. The van der Waals surface area contributed by atoms with Gasteiger partial charge in [0.05, 0.1) is 5.71 Å². The van der Waals surface area contributed by atoms with Crippen molar-refractivity contribution in [3.05, 3.63) is 58.9 Å². The van der Waals surface area contributed by atoms with E-state index in [2.05, 4.69) is 4.98 Å². The number of nitrogen functional groups attached to an aromatic ring is 1. The van der Waals surface area contributed by atoms with Crippen LogP contribution in [0.25, 0.3) is 0 Å². The monoisotopic (exact) mass is 281 g/mol. The Morgan fingerprint density at radius 3 is 2.62 bits per heavy atom. The molecule has 1 aromatic carbocycles. The summed E-state index contributed by atoms with van der Waals surface area (Å²) in [6.07, 6.45) is 2.33. The van der Waals surface area contributed by atoms with Crippen LogP contribution in [-0.4, -0.2) is 23.0 Å². The molecule has 106 valence electrons. The van der Waals surface area contributed by atoms with Crippen LogP contribution in [0.5, 0.6) is 0 Å². The maximum Gasteiger partial charge on any atom is 0.220 e. The number of hydrogen-bond acceptors (Lipinski definition) is 6. The molecule has 6 nitrogen and oxygen atoms in total. The fourth-order valence-electron chi connectivity index (χ4n) is 1.90. The molecule has 0 bridgehead atoms. The number of rotatable bonds is 4. The molecule has 0 fully saturated rings. The Labute approximate surface area is 122 Å². The zero-order valence-electron chi connectivity index (χ0n) is 11.5. The zero-order valence-corrected chi connectivity index (χ0v) is 11.5. The zero-order chi connectivity index (χ0) is 15.4. The molecule has 2 aromatic rings. The van der Waals surface area contributed by atoms with E-state index in [0.717, 1.165) is 5.69 Å². The molecule has 0 aliphatic carbocycles. The van der Waals surface area contributed by atoms with E-state index >= 15 is 0 Å². The highest BCUT2D eigenvalue weighted by molar-refractivity contribution is 6.14. The molecule has 0 spiro atoms. The molecule has 1 heterocycles. The van der Waals surface area contributed by atoms with Crippen LogP contribution in [0, 0.1) is 23.2 Å². The number of aromatic nitrogens is 1. The molecule has 5 N–H and O–H groups in total. The van der Waals surface area contributed by atoms with Crippen LogP contribution >= 0.6 is 0 Å². The van der Waals surface area contributed by atoms with Crippen LogP contribution in [0.2, 0.25) is 0 Å². The standard InChI is InChI=1S/C15H15N5O/c1-9-6-10(4-5-20-9)14(18)12-7-11(2-3-13(12)17)15(19)21-8-16/h2-8,16,18-19H,17H2,1H3. The fourth-order valence-corrected chi connectivity index (χ4v) is 1.90. The highest BCUT2D eigenvalue weighted by Crippen LogP contribution is 2.19. The molecule has 6 heteroatoms. The molecular weight excluding hydrogens is 266 g/mol. The quantitative estimate of drug-likeness (QED) is 0.391. The summed E-state index contributed by atoms with van der Waals surface area (Å²) in [6.45, 7) is 1.85. The third kappa shape index (κ3) is 3.11. The first-order chi connectivity index (χ1) is 10.0. The molecule has 2 rings (SSSR count). The van der Waals surface area contributed by atoms with Gasteiger partial charge in [-0.3, -0.25) is 21.2 Å². The van der Waals surface area contributed by atoms with Crippen LogP contribution in [0.3, 0.4) is 0 Å². The SMILES string of the molecule is Cc1cc(C(=N)c2cc(C(=N)OC=N)ccc2N)ccn1. The number of aryl methyl sites for hydroxylation is 1. The van der Waals surface area contributed by atoms with Gasteiger partial charge in [0.2, 0.25) is 5.90 Å². The van der Waals surface area contributed by atoms with Crippen LogP contribution < -0.4 is 5.73 Å². The normalized spacial score (nSPS) is 9.95. The van der Waals surface area contributed by atoms with E-state index in [-0.39, 0.29) is 11.6 Å². The van der Waals surface area contributed by atoms with Gasteiger partial charge in [-0.05, 0) is 37.3 Å². The lowest BCUT2D eigenvalue weighted by Gasteiger charge is -2.10. The summed E-state index contributed by atoms with van der Waals surface area (Å²) in [6, 6.07) is 8.39. The molecule has 0 amide bonds. The van der Waals surface area contributed by atoms with Crippen LogP contribution in [0.15, 0.2) is 36.5 Å². The highest BCUT2D eigenvalue weighted by Gasteiger charge is 2.12. The Morgan fingerprint density at radius 2 is 1.95 bits per heavy atom. The second-order valence-electron chi connectivity index (χ2n) is 4.43. The number of pyridine rings is 1. The fraction of sp³-hybridized carbons (Fsp3) is 0.0667. The third-order valence-corrected chi connectivity index (χ3v) is 2.95. The van der Waals surface area contributed by atoms with Crippen LogP contribution in [0.4, 0.5) is 5.69 Å². The van der Waals surface area contributed by atoms with Crippen molar-refractivity contribution in [3.8, 4) is 0 Å². The average molecular weight is 281 g/mol. The second-order valence-corrected chi connectivity index (χ2v) is 4.43. The Bertz CT molecular complexity index is 724. The molecule has 1 aromatic heterocycles. The molecule has 0 aliphatic rings. The van der Waals surface area contributed by atoms with E-state index in [1.54, 1.807) is 36.5 Å². The minimum absolute atomic E-state index is 0.162. The summed E-state index contributed by atoms with van der Waals surface area (Å²) < 4.78 is 4.73. The minimum Gasteiger partial charge on any atom is -0.428 e. The molecule has 0 saturated carbocycles. The minimum atomic E-state index is -0.162. The van der Waals surface area contributed by atoms with Gasteiger partial charge in [0, 0.05) is 34.3 Å². The van der Waals surface area contributed by atoms with Crippen molar-refractivity contribution in [1.82, 2.24) is 4.98 Å². The number of ether oxygens (including phenoxy) is 1. The molecule has 0 atom stereocenters. The van der Waals surface area contributed by atoms with Crippen molar-refractivity contribution < 1.29 is 4.74 Å². The van der Waals surface area contributed by atoms with Gasteiger partial charge < -0.3 is 10.5 Å². The van der Waals surface area contributed by atoms with Crippen molar-refractivity contribution >= 4 is 23.7 Å². The van der Waals surface area contributed by atoms with Gasteiger partial charge in [0.15, 0.2) is 6.40 Å². The van der Waals surface area contributed by atoms with E-state index in [1.807, 2.05) is 6.92 Å². The summed E-state index contributed by atoms with van der Waals surface area (Å²) in [4.78, 5) is 4.10. The first-order valence-corrected chi connectivity index (χ1v) is 6.19. The lowest BCUT2D eigenvalue weighted by atomic mass is 9.99. The average Bonchev–Trinajstić information content (AvgIpc) is 2.47. The van der Waals surface area contributed by atoms with Gasteiger partial charge in [-0.1, -0.05) is 0 Å². The van der Waals surface area contributed by atoms with Crippen molar-refractivity contribution in [2.45, 2.75) is 6.92 Å². The van der Waals surface area contributed by atoms with E-state index in [4.69, 9.17) is 26.7 Å². The third-order valence-electron chi connectivity index (χ3n) is 2.95. The number of nitrogens with two attached hydrogens (primary N) is 1. The molecule has 0 aliphatic heterocycles. The summed E-state index contributed by atoms with van der Waals surface area (Å²) in [5.41, 5.74) is 9.10. The summed E-state index contributed by atoms with van der Waals surface area (Å²) in [5, 5.41) is 22.8. The Hall–Kier alpha value is -3.02. The number of anilines is 1. The maximum absolute atomic E-state index is 8.28. The van der Waals surface area contributed by atoms with Crippen molar-refractivity contribution in [2.24, 2.45) is 0 Å². The lowest BCUT2D eigenvalue weighted by Crippen LogP contribution is -2.10. The van der Waals surface area contributed by atoms with Crippen molar-refractivity contribution in [3.63, 3.8) is 0 Å². The molecule has 0 radical (unpaired) electrons. The Balaban J connectivity index is 2.43. The lowest BCUT2D eigenvalue weighted by molar-refractivity contribution is 0.561. The molecular formula is C15H15N5O. The Morgan fingerprint density at radius 1 is 1.19 bits per heavy atom. The smallest absolute Gasteiger partial charge is 0.220 e. The predicted octanol–water partition coefficient (Wildman–Crippen LogP) is 2.34. The van der Waals surface area contributed by atoms with E-state index < -0.39 is 0 Å². The van der Waals surface area contributed by atoms with E-state index in [0.29, 0.717) is 28.8 Å². The second kappa shape index (κ2) is 5.96. The van der Waals surface area contributed by atoms with Gasteiger partial charge in [-0.25, -0.2) is 0 Å². The van der Waals surface area contributed by atoms with Gasteiger partial charge in [0.25, 0.3) is 0 Å². The number of benzene rings is 1. The molecule has 0 saturated heterocycles. The number of hydrogen-bond donors (Lipinski definition) is 4. The first kappa shape index (κ1) is 14.4. The van der Waals surface area contributed by atoms with Gasteiger partial charge in [-0.15, -0.1) is 0 Å². The number of nitrogens with zero attached hydrogens (tertiary/aromatic N) is 1. The number of nitrogens with one attached hydrogen (secondary N) is 3. The predicted molar refractivity (Wildman–Crippen MR) is 82.5 cm³/mol. The van der Waals surface area contributed by atoms with Crippen molar-refractivity contribution in [2.75, 3.05) is 5.73 Å². The summed E-state index contributed by atoms with van der Waals surface area (Å²) in [7, 11) is 0. The van der Waals surface area contributed by atoms with Crippen LogP contribution in [-0.2, 0) is 4.74 Å². The summed E-state index contributed by atoms with van der Waals surface area (Å²) >= 11 is 0.